The molecule has 1 fully saturated rings. The number of amides is 3. The standard InChI is InChI=1S/C14H17Cl2N3O2/c1-10(15)13(20)17-14(21)19-7-5-18(6-8-19)12-4-2-3-11(16)9-12/h2-4,9-10H,5-8H2,1H3,(H,17,20,21). The normalized spacial score (nSPS) is 16.5. The van der Waals surface area contributed by atoms with Gasteiger partial charge in [0.25, 0.3) is 0 Å². The van der Waals surface area contributed by atoms with Crippen molar-refractivity contribution in [2.45, 2.75) is 12.3 Å². The fourth-order valence-electron chi connectivity index (χ4n) is 2.12. The third kappa shape index (κ3) is 4.25. The molecule has 0 aromatic heterocycles. The van der Waals surface area contributed by atoms with Gasteiger partial charge in [-0.1, -0.05) is 17.7 Å². The smallest absolute Gasteiger partial charge is 0.324 e. The topological polar surface area (TPSA) is 52.7 Å². The largest absolute Gasteiger partial charge is 0.368 e. The van der Waals surface area contributed by atoms with E-state index in [-0.39, 0.29) is 0 Å². The number of carbonyl (C=O) groups excluding carboxylic acids is 2. The molecule has 1 saturated heterocycles. The summed E-state index contributed by atoms with van der Waals surface area (Å²) in [6.45, 7) is 4.00. The van der Waals surface area contributed by atoms with E-state index in [9.17, 15) is 9.59 Å². The Labute approximate surface area is 133 Å². The second kappa shape index (κ2) is 7.00. The Kier molecular flexibility index (Phi) is 5.31. The predicted molar refractivity (Wildman–Crippen MR) is 84.1 cm³/mol. The van der Waals surface area contributed by atoms with Crippen molar-refractivity contribution in [1.29, 1.82) is 0 Å². The highest BCUT2D eigenvalue weighted by atomic mass is 35.5. The molecule has 0 bridgehead atoms. The summed E-state index contributed by atoms with van der Waals surface area (Å²) in [6, 6.07) is 7.22. The zero-order valence-corrected chi connectivity index (χ0v) is 13.2. The second-order valence-electron chi connectivity index (χ2n) is 4.86. The highest BCUT2D eigenvalue weighted by molar-refractivity contribution is 6.31. The zero-order valence-electron chi connectivity index (χ0n) is 11.7. The summed E-state index contributed by atoms with van der Waals surface area (Å²) in [5.41, 5.74) is 1.04. The van der Waals surface area contributed by atoms with Crippen LogP contribution in [0.1, 0.15) is 6.92 Å². The Balaban J connectivity index is 1.88. The lowest BCUT2D eigenvalue weighted by Crippen LogP contribution is -2.53. The van der Waals surface area contributed by atoms with Crippen LogP contribution >= 0.6 is 23.2 Å². The van der Waals surface area contributed by atoms with Gasteiger partial charge in [0, 0.05) is 36.9 Å². The molecule has 1 aliphatic heterocycles. The first-order valence-corrected chi connectivity index (χ1v) is 7.53. The molecular weight excluding hydrogens is 313 g/mol. The highest BCUT2D eigenvalue weighted by Gasteiger charge is 2.23. The maximum absolute atomic E-state index is 11.9. The van der Waals surface area contributed by atoms with Crippen LogP contribution in [0.4, 0.5) is 10.5 Å². The second-order valence-corrected chi connectivity index (χ2v) is 5.96. The quantitative estimate of drug-likeness (QED) is 0.847. The minimum atomic E-state index is -0.721. The maximum atomic E-state index is 11.9. The number of halogens is 2. The lowest BCUT2D eigenvalue weighted by atomic mass is 10.2. The monoisotopic (exact) mass is 329 g/mol. The number of imide groups is 1. The number of hydrogen-bond acceptors (Lipinski definition) is 3. The molecule has 5 nitrogen and oxygen atoms in total. The number of nitrogens with one attached hydrogen (secondary N) is 1. The Morgan fingerprint density at radius 2 is 1.90 bits per heavy atom. The average Bonchev–Trinajstić information content (AvgIpc) is 2.47. The molecule has 1 N–H and O–H groups in total. The van der Waals surface area contributed by atoms with E-state index in [1.54, 1.807) is 4.90 Å². The first-order chi connectivity index (χ1) is 9.97. The zero-order chi connectivity index (χ0) is 15.4. The van der Waals surface area contributed by atoms with E-state index in [0.717, 1.165) is 5.69 Å². The highest BCUT2D eigenvalue weighted by Crippen LogP contribution is 2.20. The first kappa shape index (κ1) is 15.9. The van der Waals surface area contributed by atoms with Crippen molar-refractivity contribution in [3.8, 4) is 0 Å². The van der Waals surface area contributed by atoms with Crippen LogP contribution in [-0.2, 0) is 4.79 Å². The van der Waals surface area contributed by atoms with E-state index >= 15 is 0 Å². The van der Waals surface area contributed by atoms with E-state index in [4.69, 9.17) is 23.2 Å². The minimum absolute atomic E-state index is 0.391. The number of urea groups is 1. The third-order valence-electron chi connectivity index (χ3n) is 3.33. The molecule has 114 valence electrons. The number of piperazine rings is 1. The average molecular weight is 330 g/mol. The summed E-state index contributed by atoms with van der Waals surface area (Å²) >= 11 is 11.6. The molecule has 1 heterocycles. The molecule has 1 aliphatic rings. The van der Waals surface area contributed by atoms with Crippen molar-refractivity contribution in [1.82, 2.24) is 10.2 Å². The van der Waals surface area contributed by atoms with Crippen LogP contribution < -0.4 is 10.2 Å². The van der Waals surface area contributed by atoms with Gasteiger partial charge in [-0.05, 0) is 25.1 Å². The van der Waals surface area contributed by atoms with Crippen LogP contribution in [0.25, 0.3) is 0 Å². The molecule has 0 saturated carbocycles. The van der Waals surface area contributed by atoms with Gasteiger partial charge in [0.2, 0.25) is 5.91 Å². The van der Waals surface area contributed by atoms with Crippen molar-refractivity contribution in [2.24, 2.45) is 0 Å². The van der Waals surface area contributed by atoms with E-state index in [2.05, 4.69) is 10.2 Å². The molecule has 3 amide bonds. The van der Waals surface area contributed by atoms with E-state index in [1.807, 2.05) is 24.3 Å². The molecular formula is C14H17Cl2N3O2. The molecule has 1 atom stereocenters. The number of rotatable bonds is 2. The number of nitrogens with zero attached hydrogens (tertiary/aromatic N) is 2. The van der Waals surface area contributed by atoms with Crippen molar-refractivity contribution in [3.63, 3.8) is 0 Å². The summed E-state index contributed by atoms with van der Waals surface area (Å²) < 4.78 is 0. The van der Waals surface area contributed by atoms with Crippen LogP contribution in [-0.4, -0.2) is 48.4 Å². The Morgan fingerprint density at radius 3 is 2.48 bits per heavy atom. The maximum Gasteiger partial charge on any atom is 0.324 e. The van der Waals surface area contributed by atoms with Crippen LogP contribution in [0.3, 0.4) is 0 Å². The Morgan fingerprint density at radius 1 is 1.24 bits per heavy atom. The Hall–Kier alpha value is -1.46. The van der Waals surface area contributed by atoms with Crippen molar-refractivity contribution in [3.05, 3.63) is 29.3 Å². The fraction of sp³-hybridized carbons (Fsp3) is 0.429. The van der Waals surface area contributed by atoms with Crippen LogP contribution in [0.15, 0.2) is 24.3 Å². The lowest BCUT2D eigenvalue weighted by Gasteiger charge is -2.36. The molecule has 0 spiro atoms. The first-order valence-electron chi connectivity index (χ1n) is 6.71. The van der Waals surface area contributed by atoms with Gasteiger partial charge in [0.1, 0.15) is 5.38 Å². The van der Waals surface area contributed by atoms with E-state index in [1.165, 1.54) is 6.92 Å². The van der Waals surface area contributed by atoms with Crippen LogP contribution in [0, 0.1) is 0 Å². The van der Waals surface area contributed by atoms with Gasteiger partial charge in [0.05, 0.1) is 0 Å². The summed E-state index contributed by atoms with van der Waals surface area (Å²) in [4.78, 5) is 27.1. The van der Waals surface area contributed by atoms with E-state index in [0.29, 0.717) is 31.2 Å². The van der Waals surface area contributed by atoms with Gasteiger partial charge in [-0.3, -0.25) is 10.1 Å². The van der Waals surface area contributed by atoms with Crippen molar-refractivity contribution >= 4 is 40.8 Å². The number of alkyl halides is 1. The Bertz CT molecular complexity index is 529. The van der Waals surface area contributed by atoms with Gasteiger partial charge >= 0.3 is 6.03 Å². The van der Waals surface area contributed by atoms with Crippen LogP contribution in [0.2, 0.25) is 5.02 Å². The van der Waals surface area contributed by atoms with Gasteiger partial charge in [-0.15, -0.1) is 11.6 Å². The lowest BCUT2D eigenvalue weighted by molar-refractivity contribution is -0.119. The third-order valence-corrected chi connectivity index (χ3v) is 3.76. The summed E-state index contributed by atoms with van der Waals surface area (Å²) in [5.74, 6) is -0.473. The molecule has 2 rings (SSSR count). The van der Waals surface area contributed by atoms with Crippen molar-refractivity contribution in [2.75, 3.05) is 31.1 Å². The molecule has 7 heteroatoms. The summed E-state index contributed by atoms with van der Waals surface area (Å²) in [5, 5.41) is 2.26. The summed E-state index contributed by atoms with van der Waals surface area (Å²) in [6.07, 6.45) is 0. The van der Waals surface area contributed by atoms with Gasteiger partial charge in [-0.25, -0.2) is 4.79 Å². The predicted octanol–water partition coefficient (Wildman–Crippen LogP) is 2.33. The summed E-state index contributed by atoms with van der Waals surface area (Å²) in [7, 11) is 0. The SMILES string of the molecule is CC(Cl)C(=O)NC(=O)N1CCN(c2cccc(Cl)c2)CC1. The molecule has 21 heavy (non-hydrogen) atoms. The minimum Gasteiger partial charge on any atom is -0.368 e. The number of anilines is 1. The molecule has 0 aliphatic carbocycles. The number of hydrogen-bond donors (Lipinski definition) is 1. The van der Waals surface area contributed by atoms with Gasteiger partial charge in [0.15, 0.2) is 0 Å². The van der Waals surface area contributed by atoms with Crippen molar-refractivity contribution < 1.29 is 9.59 Å². The van der Waals surface area contributed by atoms with Gasteiger partial charge < -0.3 is 9.80 Å². The molecule has 1 unspecified atom stereocenters. The fourth-order valence-corrected chi connectivity index (χ4v) is 2.36. The molecule has 1 aromatic rings. The molecule has 1 aromatic carbocycles. The van der Waals surface area contributed by atoms with Crippen LogP contribution in [0.5, 0.6) is 0 Å². The van der Waals surface area contributed by atoms with Gasteiger partial charge in [-0.2, -0.15) is 0 Å². The number of carbonyl (C=O) groups is 2. The molecule has 0 radical (unpaired) electrons. The number of benzene rings is 1. The van der Waals surface area contributed by atoms with E-state index < -0.39 is 17.3 Å².